The molecule has 5 heteroatoms. The number of fused-ring (bicyclic) bond motifs is 1. The molecule has 1 aliphatic rings. The first kappa shape index (κ1) is 19.6. The molecule has 0 saturated heterocycles. The van der Waals surface area contributed by atoms with Crippen LogP contribution in [0.5, 0.6) is 0 Å². The molecule has 0 N–H and O–H groups in total. The van der Waals surface area contributed by atoms with E-state index in [2.05, 4.69) is 23.6 Å². The molecule has 0 unspecified atom stereocenters. The van der Waals surface area contributed by atoms with Crippen LogP contribution in [0.3, 0.4) is 0 Å². The first-order valence-corrected chi connectivity index (χ1v) is 10.6. The molecule has 1 aliphatic heterocycles. The van der Waals surface area contributed by atoms with Gasteiger partial charge >= 0.3 is 0 Å². The summed E-state index contributed by atoms with van der Waals surface area (Å²) in [5.74, 6) is -0.0167. The Bertz CT molecular complexity index is 785. The number of amides is 2. The van der Waals surface area contributed by atoms with Gasteiger partial charge in [-0.15, -0.1) is 11.3 Å². The van der Waals surface area contributed by atoms with Crippen molar-refractivity contribution in [3.05, 3.63) is 57.8 Å². The number of rotatable bonds is 6. The smallest absolute Gasteiger partial charge is 0.242 e. The van der Waals surface area contributed by atoms with Gasteiger partial charge in [-0.05, 0) is 35.4 Å². The number of benzene rings is 1. The summed E-state index contributed by atoms with van der Waals surface area (Å²) < 4.78 is 0. The Morgan fingerprint density at radius 1 is 1.22 bits per heavy atom. The predicted molar refractivity (Wildman–Crippen MR) is 110 cm³/mol. The van der Waals surface area contributed by atoms with E-state index in [4.69, 9.17) is 0 Å². The van der Waals surface area contributed by atoms with Gasteiger partial charge in [0, 0.05) is 23.9 Å². The monoisotopic (exact) mass is 384 g/mol. The van der Waals surface area contributed by atoms with Gasteiger partial charge in [0.25, 0.3) is 0 Å². The summed E-state index contributed by atoms with van der Waals surface area (Å²) in [6.45, 7) is 7.30. The molecule has 1 atom stereocenters. The van der Waals surface area contributed by atoms with Crippen LogP contribution in [-0.2, 0) is 16.0 Å². The normalized spacial score (nSPS) is 16.3. The molecule has 0 bridgehead atoms. The van der Waals surface area contributed by atoms with E-state index in [0.29, 0.717) is 13.1 Å². The summed E-state index contributed by atoms with van der Waals surface area (Å²) >= 11 is 1.77. The molecule has 27 heavy (non-hydrogen) atoms. The Balaban J connectivity index is 1.87. The van der Waals surface area contributed by atoms with Gasteiger partial charge < -0.3 is 9.80 Å². The van der Waals surface area contributed by atoms with Gasteiger partial charge in [-0.3, -0.25) is 9.59 Å². The Labute approximate surface area is 165 Å². The molecule has 4 nitrogen and oxygen atoms in total. The Kier molecular flexibility index (Phi) is 6.32. The number of thiophene rings is 1. The van der Waals surface area contributed by atoms with Gasteiger partial charge in [0.05, 0.1) is 12.6 Å². The van der Waals surface area contributed by atoms with E-state index in [1.54, 1.807) is 16.2 Å². The molecule has 0 fully saturated rings. The number of carbonyl (C=O) groups is 2. The zero-order valence-electron chi connectivity index (χ0n) is 16.4. The minimum atomic E-state index is -0.0981. The fraction of sp³-hybridized carbons (Fsp3) is 0.455. The first-order chi connectivity index (χ1) is 13.0. The van der Waals surface area contributed by atoms with Gasteiger partial charge in [-0.25, -0.2) is 0 Å². The highest BCUT2D eigenvalue weighted by Crippen LogP contribution is 2.37. The van der Waals surface area contributed by atoms with Crippen molar-refractivity contribution < 1.29 is 9.59 Å². The van der Waals surface area contributed by atoms with Gasteiger partial charge in [0.2, 0.25) is 11.8 Å². The van der Waals surface area contributed by atoms with E-state index < -0.39 is 0 Å². The highest BCUT2D eigenvalue weighted by molar-refractivity contribution is 7.10. The fourth-order valence-electron chi connectivity index (χ4n) is 3.74. The van der Waals surface area contributed by atoms with Crippen LogP contribution < -0.4 is 0 Å². The van der Waals surface area contributed by atoms with Crippen molar-refractivity contribution in [3.8, 4) is 0 Å². The van der Waals surface area contributed by atoms with Crippen LogP contribution in [0.15, 0.2) is 41.8 Å². The maximum Gasteiger partial charge on any atom is 0.242 e. The molecule has 2 heterocycles. The maximum atomic E-state index is 13.3. The zero-order valence-corrected chi connectivity index (χ0v) is 17.2. The second-order valence-electron chi connectivity index (χ2n) is 7.36. The van der Waals surface area contributed by atoms with Crippen molar-refractivity contribution in [2.24, 2.45) is 5.92 Å². The summed E-state index contributed by atoms with van der Waals surface area (Å²) in [4.78, 5) is 30.8. The topological polar surface area (TPSA) is 40.6 Å². The van der Waals surface area contributed by atoms with Crippen molar-refractivity contribution in [1.82, 2.24) is 9.80 Å². The fourth-order valence-corrected chi connectivity index (χ4v) is 4.64. The largest absolute Gasteiger partial charge is 0.333 e. The molecule has 144 valence electrons. The molecule has 2 aromatic rings. The maximum absolute atomic E-state index is 13.3. The van der Waals surface area contributed by atoms with Crippen LogP contribution in [0.25, 0.3) is 0 Å². The second kappa shape index (κ2) is 8.70. The average molecular weight is 385 g/mol. The van der Waals surface area contributed by atoms with E-state index in [0.717, 1.165) is 18.4 Å². The molecular formula is C22H28N2O2S. The Morgan fingerprint density at radius 3 is 2.63 bits per heavy atom. The Morgan fingerprint density at radius 2 is 1.96 bits per heavy atom. The molecule has 0 saturated carbocycles. The summed E-state index contributed by atoms with van der Waals surface area (Å²) in [5, 5.41) is 2.11. The van der Waals surface area contributed by atoms with Crippen molar-refractivity contribution >= 4 is 23.2 Å². The van der Waals surface area contributed by atoms with Crippen LogP contribution in [0.4, 0.5) is 0 Å². The Hall–Kier alpha value is -2.14. The molecule has 0 aliphatic carbocycles. The number of nitrogens with zero attached hydrogens (tertiary/aromatic N) is 2. The SMILES string of the molecule is CCCN(CC(=O)N1CCc2sccc2[C@@H]1c1ccccc1)C(=O)C(C)C. The third-order valence-corrected chi connectivity index (χ3v) is 6.02. The van der Waals surface area contributed by atoms with Gasteiger partial charge in [-0.1, -0.05) is 51.1 Å². The lowest BCUT2D eigenvalue weighted by atomic mass is 9.93. The molecule has 0 spiro atoms. The highest BCUT2D eigenvalue weighted by atomic mass is 32.1. The molecule has 1 aromatic heterocycles. The minimum absolute atomic E-state index is 0.0307. The van der Waals surface area contributed by atoms with Crippen LogP contribution >= 0.6 is 11.3 Å². The van der Waals surface area contributed by atoms with E-state index in [1.165, 1.54) is 10.4 Å². The van der Waals surface area contributed by atoms with Crippen molar-refractivity contribution in [2.45, 2.75) is 39.7 Å². The standard InChI is InChI=1S/C22H28N2O2S/c1-4-12-23(22(26)16(2)3)15-20(25)24-13-10-19-18(11-14-27-19)21(24)17-8-6-5-7-9-17/h5-9,11,14,16,21H,4,10,12-13,15H2,1-3H3/t21-/m0/s1. The third-order valence-electron chi connectivity index (χ3n) is 5.03. The molecule has 0 radical (unpaired) electrons. The lowest BCUT2D eigenvalue weighted by molar-refractivity contribution is -0.143. The van der Waals surface area contributed by atoms with Gasteiger partial charge in [0.15, 0.2) is 0 Å². The minimum Gasteiger partial charge on any atom is -0.333 e. The van der Waals surface area contributed by atoms with Crippen molar-refractivity contribution in [3.63, 3.8) is 0 Å². The van der Waals surface area contributed by atoms with Crippen molar-refractivity contribution in [1.29, 1.82) is 0 Å². The third kappa shape index (κ3) is 4.24. The van der Waals surface area contributed by atoms with Crippen LogP contribution in [0.1, 0.15) is 49.2 Å². The molecular weight excluding hydrogens is 356 g/mol. The second-order valence-corrected chi connectivity index (χ2v) is 8.36. The average Bonchev–Trinajstić information content (AvgIpc) is 3.15. The summed E-state index contributed by atoms with van der Waals surface area (Å²) in [6, 6.07) is 12.3. The molecule has 3 rings (SSSR count). The van der Waals surface area contributed by atoms with Crippen LogP contribution in [0, 0.1) is 5.92 Å². The molecule has 2 amide bonds. The van der Waals surface area contributed by atoms with E-state index in [1.807, 2.05) is 43.9 Å². The van der Waals surface area contributed by atoms with Gasteiger partial charge in [0.1, 0.15) is 0 Å². The summed E-state index contributed by atoms with van der Waals surface area (Å²) in [5.41, 5.74) is 2.35. The zero-order chi connectivity index (χ0) is 19.4. The highest BCUT2D eigenvalue weighted by Gasteiger charge is 2.33. The van der Waals surface area contributed by atoms with Crippen molar-refractivity contribution in [2.75, 3.05) is 19.6 Å². The summed E-state index contributed by atoms with van der Waals surface area (Å²) in [7, 11) is 0. The number of hydrogen-bond acceptors (Lipinski definition) is 3. The van der Waals surface area contributed by atoms with Crippen LogP contribution in [-0.4, -0.2) is 41.2 Å². The lowest BCUT2D eigenvalue weighted by Crippen LogP contribution is -2.47. The van der Waals surface area contributed by atoms with E-state index in [-0.39, 0.29) is 30.3 Å². The van der Waals surface area contributed by atoms with Crippen LogP contribution in [0.2, 0.25) is 0 Å². The van der Waals surface area contributed by atoms with E-state index >= 15 is 0 Å². The van der Waals surface area contributed by atoms with E-state index in [9.17, 15) is 9.59 Å². The summed E-state index contributed by atoms with van der Waals surface area (Å²) in [6.07, 6.45) is 1.73. The van der Waals surface area contributed by atoms with Gasteiger partial charge in [-0.2, -0.15) is 0 Å². The first-order valence-electron chi connectivity index (χ1n) is 9.72. The number of carbonyl (C=O) groups excluding carboxylic acids is 2. The predicted octanol–water partition coefficient (Wildman–Crippen LogP) is 4.12. The lowest BCUT2D eigenvalue weighted by Gasteiger charge is -2.37. The quantitative estimate of drug-likeness (QED) is 0.752. The molecule has 1 aromatic carbocycles. The number of hydrogen-bond donors (Lipinski definition) is 0.